The summed E-state index contributed by atoms with van der Waals surface area (Å²) in [5.41, 5.74) is 3.13. The first-order valence-electron chi connectivity index (χ1n) is 10.0. The van der Waals surface area contributed by atoms with Gasteiger partial charge in [0.2, 0.25) is 5.91 Å². The molecule has 2 atom stereocenters. The van der Waals surface area contributed by atoms with Crippen LogP contribution in [0.3, 0.4) is 0 Å². The average Bonchev–Trinajstić information content (AvgIpc) is 3.40. The molecule has 0 unspecified atom stereocenters. The van der Waals surface area contributed by atoms with Gasteiger partial charge in [0.1, 0.15) is 21.7 Å². The Morgan fingerprint density at radius 1 is 0.833 bits per heavy atom. The second-order valence-electron chi connectivity index (χ2n) is 7.85. The van der Waals surface area contributed by atoms with E-state index in [0.717, 1.165) is 30.3 Å². The summed E-state index contributed by atoms with van der Waals surface area (Å²) in [4.78, 5) is 25.5. The summed E-state index contributed by atoms with van der Waals surface area (Å²) in [6.07, 6.45) is 0. The zero-order chi connectivity index (χ0) is 26.5. The van der Waals surface area contributed by atoms with E-state index in [4.69, 9.17) is 52.1 Å². The van der Waals surface area contributed by atoms with Gasteiger partial charge >= 0.3 is 0 Å². The summed E-state index contributed by atoms with van der Waals surface area (Å²) in [5.74, 6) is -8.03. The molecular formula is C23H13Cl4F4N3O2. The number of amides is 2. The van der Waals surface area contributed by atoms with Crippen molar-refractivity contribution in [2.24, 2.45) is 5.92 Å². The fraction of sp³-hybridized carbons (Fsp3) is 0.130. The molecule has 0 radical (unpaired) electrons. The predicted octanol–water partition coefficient (Wildman–Crippen LogP) is 6.91. The van der Waals surface area contributed by atoms with Crippen LogP contribution in [0.5, 0.6) is 0 Å². The van der Waals surface area contributed by atoms with E-state index in [2.05, 4.69) is 10.6 Å². The number of nitrogens with one attached hydrogen (secondary N) is 2. The summed E-state index contributed by atoms with van der Waals surface area (Å²) in [5, 5.41) is 3.81. The van der Waals surface area contributed by atoms with Gasteiger partial charge in [-0.15, -0.1) is 23.2 Å². The van der Waals surface area contributed by atoms with Crippen molar-refractivity contribution < 1.29 is 27.2 Å². The van der Waals surface area contributed by atoms with Gasteiger partial charge < -0.3 is 16.4 Å². The highest BCUT2D eigenvalue weighted by Gasteiger charge is 2.67. The third-order valence-corrected chi connectivity index (χ3v) is 7.13. The molecule has 1 aliphatic rings. The number of hydrogen-bond acceptors (Lipinski definition) is 3. The van der Waals surface area contributed by atoms with E-state index in [0.29, 0.717) is 5.56 Å². The molecule has 188 valence electrons. The predicted molar refractivity (Wildman–Crippen MR) is 131 cm³/mol. The zero-order valence-electron chi connectivity index (χ0n) is 17.6. The van der Waals surface area contributed by atoms with Crippen molar-refractivity contribution in [3.05, 3.63) is 86.9 Å². The maximum atomic E-state index is 15.2. The lowest BCUT2D eigenvalue weighted by molar-refractivity contribution is -0.117. The second-order valence-corrected chi connectivity index (χ2v) is 10.1. The van der Waals surface area contributed by atoms with E-state index in [1.54, 1.807) is 0 Å². The number of hydrogen-bond donors (Lipinski definition) is 3. The van der Waals surface area contributed by atoms with Gasteiger partial charge in [-0.05, 0) is 42.0 Å². The summed E-state index contributed by atoms with van der Waals surface area (Å²) in [6, 6.07) is 7.67. The molecule has 0 aromatic heterocycles. The molecule has 1 saturated carbocycles. The van der Waals surface area contributed by atoms with Gasteiger partial charge in [0.05, 0.1) is 32.9 Å². The van der Waals surface area contributed by atoms with Crippen molar-refractivity contribution in [2.45, 2.75) is 10.3 Å². The third kappa shape index (κ3) is 4.68. The summed E-state index contributed by atoms with van der Waals surface area (Å²) in [7, 11) is 0. The standard InChI is InChI=1S/C23H13Cl4F4N3O2/c24-9-2-5-13(18(30)15(9)21(35)33-14-6-4-12(29)20(32)19(14)31)34-22(36)17-16(23(17,26)27)8-1-3-11(28)10(25)7-8/h1-7,16-17H,32H2,(H,33,35)(H,34,36)/t16-,17+/m0/s1. The highest BCUT2D eigenvalue weighted by atomic mass is 35.5. The number of rotatable bonds is 5. The molecule has 0 aliphatic heterocycles. The van der Waals surface area contributed by atoms with E-state index in [9.17, 15) is 22.8 Å². The summed E-state index contributed by atoms with van der Waals surface area (Å²) < 4.78 is 54.7. The van der Waals surface area contributed by atoms with E-state index >= 15 is 4.39 Å². The van der Waals surface area contributed by atoms with Crippen molar-refractivity contribution in [3.63, 3.8) is 0 Å². The van der Waals surface area contributed by atoms with Crippen molar-refractivity contribution in [1.82, 2.24) is 0 Å². The quantitative estimate of drug-likeness (QED) is 0.174. The zero-order valence-corrected chi connectivity index (χ0v) is 20.6. The van der Waals surface area contributed by atoms with Crippen LogP contribution in [0.25, 0.3) is 0 Å². The fourth-order valence-corrected chi connectivity index (χ4v) is 4.94. The Bertz CT molecular complexity index is 1420. The average molecular weight is 581 g/mol. The fourth-order valence-electron chi connectivity index (χ4n) is 3.69. The number of nitrogen functional groups attached to an aromatic ring is 1. The monoisotopic (exact) mass is 579 g/mol. The molecule has 0 saturated heterocycles. The lowest BCUT2D eigenvalue weighted by Crippen LogP contribution is -2.21. The minimum absolute atomic E-state index is 0.193. The SMILES string of the molecule is Nc1c(F)ccc(NC(=O)c2c(Cl)ccc(NC(=O)[C@H]3[C@H](c4ccc(F)c(Cl)c4)C3(Cl)Cl)c2F)c1F. The Morgan fingerprint density at radius 2 is 1.44 bits per heavy atom. The smallest absolute Gasteiger partial charge is 0.260 e. The number of carbonyl (C=O) groups is 2. The van der Waals surface area contributed by atoms with Gasteiger partial charge in [0.15, 0.2) is 11.6 Å². The van der Waals surface area contributed by atoms with Gasteiger partial charge in [-0.25, -0.2) is 17.6 Å². The first-order chi connectivity index (χ1) is 16.8. The van der Waals surface area contributed by atoms with Crippen molar-refractivity contribution in [3.8, 4) is 0 Å². The van der Waals surface area contributed by atoms with Gasteiger partial charge in [-0.2, -0.15) is 0 Å². The minimum atomic E-state index is -1.59. The molecule has 0 spiro atoms. The van der Waals surface area contributed by atoms with E-state index in [1.165, 1.54) is 12.1 Å². The maximum Gasteiger partial charge on any atom is 0.260 e. The van der Waals surface area contributed by atoms with Crippen LogP contribution < -0.4 is 16.4 Å². The topological polar surface area (TPSA) is 84.2 Å². The van der Waals surface area contributed by atoms with Crippen LogP contribution in [-0.4, -0.2) is 16.1 Å². The minimum Gasteiger partial charge on any atom is -0.394 e. The van der Waals surface area contributed by atoms with Gasteiger partial charge in [0, 0.05) is 5.92 Å². The van der Waals surface area contributed by atoms with Gasteiger partial charge in [-0.3, -0.25) is 9.59 Å². The van der Waals surface area contributed by atoms with E-state index in [-0.39, 0.29) is 10.0 Å². The molecule has 1 aliphatic carbocycles. The molecule has 4 N–H and O–H groups in total. The Balaban J connectivity index is 1.57. The van der Waals surface area contributed by atoms with Gasteiger partial charge in [0.25, 0.3) is 5.91 Å². The molecule has 36 heavy (non-hydrogen) atoms. The lowest BCUT2D eigenvalue weighted by Gasteiger charge is -2.13. The van der Waals surface area contributed by atoms with E-state index < -0.39 is 73.9 Å². The first-order valence-corrected chi connectivity index (χ1v) is 11.5. The van der Waals surface area contributed by atoms with Crippen LogP contribution in [0.1, 0.15) is 21.8 Å². The van der Waals surface area contributed by atoms with Crippen molar-refractivity contribution >= 4 is 75.3 Å². The lowest BCUT2D eigenvalue weighted by atomic mass is 10.1. The number of nitrogens with two attached hydrogens (primary N) is 1. The third-order valence-electron chi connectivity index (χ3n) is 5.59. The van der Waals surface area contributed by atoms with Crippen LogP contribution in [0, 0.1) is 29.2 Å². The van der Waals surface area contributed by atoms with Crippen molar-refractivity contribution in [1.29, 1.82) is 0 Å². The molecule has 0 bridgehead atoms. The van der Waals surface area contributed by atoms with Crippen LogP contribution in [0.2, 0.25) is 10.0 Å². The number of halogens is 8. The molecular weight excluding hydrogens is 568 g/mol. The molecule has 4 rings (SSSR count). The van der Waals surface area contributed by atoms with Crippen LogP contribution >= 0.6 is 46.4 Å². The highest BCUT2D eigenvalue weighted by Crippen LogP contribution is 2.65. The molecule has 0 heterocycles. The van der Waals surface area contributed by atoms with Gasteiger partial charge in [-0.1, -0.05) is 29.3 Å². The van der Waals surface area contributed by atoms with E-state index in [1.807, 2.05) is 0 Å². The number of carbonyl (C=O) groups excluding carboxylic acids is 2. The summed E-state index contributed by atoms with van der Waals surface area (Å²) in [6.45, 7) is 0. The molecule has 13 heteroatoms. The number of anilines is 3. The largest absolute Gasteiger partial charge is 0.394 e. The summed E-state index contributed by atoms with van der Waals surface area (Å²) >= 11 is 24.3. The molecule has 5 nitrogen and oxygen atoms in total. The molecule has 3 aromatic carbocycles. The molecule has 2 amide bonds. The van der Waals surface area contributed by atoms with Crippen LogP contribution in [0.4, 0.5) is 34.6 Å². The molecule has 3 aromatic rings. The Morgan fingerprint density at radius 3 is 2.11 bits per heavy atom. The first kappa shape index (κ1) is 26.3. The number of alkyl halides is 2. The Hall–Kier alpha value is -2.72. The number of benzene rings is 3. The van der Waals surface area contributed by atoms with Crippen molar-refractivity contribution in [2.75, 3.05) is 16.4 Å². The highest BCUT2D eigenvalue weighted by molar-refractivity contribution is 6.53. The second kappa shape index (κ2) is 9.63. The Labute approximate surface area is 221 Å². The maximum absolute atomic E-state index is 15.2. The van der Waals surface area contributed by atoms with Crippen LogP contribution in [-0.2, 0) is 4.79 Å². The Kier molecular flexibility index (Phi) is 7.04. The normalized spacial score (nSPS) is 18.0. The molecule has 1 fully saturated rings. The van der Waals surface area contributed by atoms with Crippen LogP contribution in [0.15, 0.2) is 42.5 Å².